The van der Waals surface area contributed by atoms with Crippen molar-refractivity contribution < 1.29 is 17.6 Å². The molecule has 0 heterocycles. The molecule has 152 valence electrons. The monoisotopic (exact) mass is 426 g/mol. The Hall–Kier alpha value is -2.12. The van der Waals surface area contributed by atoms with Crippen LogP contribution in [0.4, 0.5) is 10.1 Å². The van der Waals surface area contributed by atoms with E-state index in [-0.39, 0.29) is 16.8 Å². The minimum absolute atomic E-state index is 0.128. The maximum Gasteiger partial charge on any atom is 0.241 e. The van der Waals surface area contributed by atoms with Gasteiger partial charge in [-0.1, -0.05) is 42.3 Å². The fourth-order valence-electron chi connectivity index (χ4n) is 3.03. The van der Waals surface area contributed by atoms with Crippen LogP contribution in [0.25, 0.3) is 0 Å². The lowest BCUT2D eigenvalue weighted by atomic mass is 9.97. The molecule has 1 amide bonds. The molecule has 2 rings (SSSR count). The highest BCUT2D eigenvalue weighted by Crippen LogP contribution is 2.25. The molecular weight excluding hydrogens is 403 g/mol. The van der Waals surface area contributed by atoms with Crippen LogP contribution < -0.4 is 9.62 Å². The minimum Gasteiger partial charge on any atom is -0.348 e. The molecule has 0 aliphatic heterocycles. The molecule has 0 aliphatic carbocycles. The van der Waals surface area contributed by atoms with Crippen LogP contribution in [-0.4, -0.2) is 27.1 Å². The Morgan fingerprint density at radius 3 is 2.43 bits per heavy atom. The van der Waals surface area contributed by atoms with Crippen molar-refractivity contribution in [1.82, 2.24) is 5.32 Å². The van der Waals surface area contributed by atoms with Crippen molar-refractivity contribution in [2.24, 2.45) is 0 Å². The topological polar surface area (TPSA) is 66.5 Å². The van der Waals surface area contributed by atoms with Crippen LogP contribution in [0.5, 0.6) is 0 Å². The van der Waals surface area contributed by atoms with Gasteiger partial charge in [0, 0.05) is 0 Å². The first-order chi connectivity index (χ1) is 13.0. The number of aryl methyl sites for hydroxylation is 2. The summed E-state index contributed by atoms with van der Waals surface area (Å²) in [5.74, 6) is -1.12. The third-order valence-electron chi connectivity index (χ3n) is 4.42. The second kappa shape index (κ2) is 8.92. The first kappa shape index (κ1) is 22.2. The predicted octanol–water partition coefficient (Wildman–Crippen LogP) is 4.13. The SMILES string of the molecule is CC[C@@H](NC(=O)CN(c1ccc(F)c(Cl)c1)S(C)(=O)=O)c1ccc(C)cc1C. The number of amides is 1. The lowest BCUT2D eigenvalue weighted by Gasteiger charge is -2.25. The molecule has 28 heavy (non-hydrogen) atoms. The van der Waals surface area contributed by atoms with Gasteiger partial charge in [0.05, 0.1) is 23.0 Å². The number of benzene rings is 2. The van der Waals surface area contributed by atoms with Crippen LogP contribution in [0.2, 0.25) is 5.02 Å². The third-order valence-corrected chi connectivity index (χ3v) is 5.85. The molecule has 0 radical (unpaired) electrons. The fourth-order valence-corrected chi connectivity index (χ4v) is 4.05. The van der Waals surface area contributed by atoms with Gasteiger partial charge in [-0.15, -0.1) is 0 Å². The average molecular weight is 427 g/mol. The van der Waals surface area contributed by atoms with Gasteiger partial charge in [0.25, 0.3) is 0 Å². The lowest BCUT2D eigenvalue weighted by Crippen LogP contribution is -2.41. The summed E-state index contributed by atoms with van der Waals surface area (Å²) in [5.41, 5.74) is 3.29. The summed E-state index contributed by atoms with van der Waals surface area (Å²) in [7, 11) is -3.77. The standard InChI is InChI=1S/C20H24ClFN2O3S/c1-5-19(16-8-6-13(2)10-14(16)3)23-20(25)12-24(28(4,26)27)15-7-9-18(22)17(21)11-15/h6-11,19H,5,12H2,1-4H3,(H,23,25)/t19-/m1/s1. The Morgan fingerprint density at radius 2 is 1.89 bits per heavy atom. The zero-order chi connectivity index (χ0) is 21.1. The number of hydrogen-bond acceptors (Lipinski definition) is 3. The number of nitrogens with one attached hydrogen (secondary N) is 1. The molecule has 2 aromatic rings. The van der Waals surface area contributed by atoms with E-state index in [0.717, 1.165) is 33.3 Å². The largest absolute Gasteiger partial charge is 0.348 e. The fraction of sp³-hybridized carbons (Fsp3) is 0.350. The van der Waals surface area contributed by atoms with Crippen molar-refractivity contribution in [2.75, 3.05) is 17.1 Å². The van der Waals surface area contributed by atoms with Crippen molar-refractivity contribution in [3.05, 3.63) is 63.9 Å². The van der Waals surface area contributed by atoms with Gasteiger partial charge in [-0.25, -0.2) is 12.8 Å². The number of carbonyl (C=O) groups is 1. The summed E-state index contributed by atoms with van der Waals surface area (Å²) in [4.78, 5) is 12.6. The van der Waals surface area contributed by atoms with E-state index < -0.39 is 28.3 Å². The molecule has 0 aliphatic rings. The zero-order valence-corrected chi connectivity index (χ0v) is 17.9. The first-order valence-electron chi connectivity index (χ1n) is 8.82. The van der Waals surface area contributed by atoms with Crippen molar-refractivity contribution in [1.29, 1.82) is 0 Å². The summed E-state index contributed by atoms with van der Waals surface area (Å²) in [6.45, 7) is 5.48. The van der Waals surface area contributed by atoms with Crippen LogP contribution in [0, 0.1) is 19.7 Å². The maximum atomic E-state index is 13.4. The average Bonchev–Trinajstić information content (AvgIpc) is 2.59. The van der Waals surface area contributed by atoms with Gasteiger partial charge in [-0.2, -0.15) is 0 Å². The van der Waals surface area contributed by atoms with Crippen LogP contribution in [0.15, 0.2) is 36.4 Å². The Kier molecular flexibility index (Phi) is 7.06. The van der Waals surface area contributed by atoms with Crippen molar-refractivity contribution in [3.8, 4) is 0 Å². The number of sulfonamides is 1. The van der Waals surface area contributed by atoms with Crippen LogP contribution in [-0.2, 0) is 14.8 Å². The normalized spacial score (nSPS) is 12.5. The van der Waals surface area contributed by atoms with Gasteiger partial charge in [0.1, 0.15) is 12.4 Å². The number of rotatable bonds is 7. The molecule has 0 aromatic heterocycles. The number of anilines is 1. The summed E-state index contributed by atoms with van der Waals surface area (Å²) in [5, 5.41) is 2.67. The van der Waals surface area contributed by atoms with Gasteiger partial charge < -0.3 is 5.32 Å². The molecule has 0 fully saturated rings. The second-order valence-corrected chi connectivity index (χ2v) is 9.07. The van der Waals surface area contributed by atoms with E-state index in [9.17, 15) is 17.6 Å². The van der Waals surface area contributed by atoms with Crippen molar-refractivity contribution in [3.63, 3.8) is 0 Å². The van der Waals surface area contributed by atoms with E-state index in [1.54, 1.807) is 0 Å². The molecule has 2 aromatic carbocycles. The molecule has 1 N–H and O–H groups in total. The summed E-state index contributed by atoms with van der Waals surface area (Å²) in [6, 6.07) is 9.26. The van der Waals surface area contributed by atoms with E-state index in [0.29, 0.717) is 6.42 Å². The third kappa shape index (κ3) is 5.45. The Morgan fingerprint density at radius 1 is 1.21 bits per heavy atom. The second-order valence-electron chi connectivity index (χ2n) is 6.76. The molecule has 1 atom stereocenters. The maximum absolute atomic E-state index is 13.4. The van der Waals surface area contributed by atoms with E-state index in [2.05, 4.69) is 5.32 Å². The minimum atomic E-state index is -3.77. The highest BCUT2D eigenvalue weighted by Gasteiger charge is 2.23. The molecule has 0 saturated carbocycles. The quantitative estimate of drug-likeness (QED) is 0.723. The van der Waals surface area contributed by atoms with E-state index in [4.69, 9.17) is 11.6 Å². The van der Waals surface area contributed by atoms with Crippen LogP contribution >= 0.6 is 11.6 Å². The summed E-state index contributed by atoms with van der Waals surface area (Å²) >= 11 is 5.76. The van der Waals surface area contributed by atoms with Gasteiger partial charge >= 0.3 is 0 Å². The van der Waals surface area contributed by atoms with Crippen molar-refractivity contribution >= 4 is 33.2 Å². The van der Waals surface area contributed by atoms with E-state index in [1.807, 2.05) is 39.0 Å². The molecule has 0 saturated heterocycles. The van der Waals surface area contributed by atoms with Gasteiger partial charge in [0.2, 0.25) is 15.9 Å². The number of carbonyl (C=O) groups excluding carboxylic acids is 1. The Labute approximate surface area is 170 Å². The Bertz CT molecular complexity index is 979. The van der Waals surface area contributed by atoms with Crippen molar-refractivity contribution in [2.45, 2.75) is 33.2 Å². The van der Waals surface area contributed by atoms with Gasteiger partial charge in [0.15, 0.2) is 0 Å². The zero-order valence-electron chi connectivity index (χ0n) is 16.3. The molecule has 0 spiro atoms. The number of halogens is 2. The van der Waals surface area contributed by atoms with E-state index >= 15 is 0 Å². The highest BCUT2D eigenvalue weighted by molar-refractivity contribution is 7.92. The van der Waals surface area contributed by atoms with E-state index in [1.165, 1.54) is 12.1 Å². The van der Waals surface area contributed by atoms with Gasteiger partial charge in [-0.3, -0.25) is 9.10 Å². The highest BCUT2D eigenvalue weighted by atomic mass is 35.5. The molecule has 0 bridgehead atoms. The van der Waals surface area contributed by atoms with Crippen LogP contribution in [0.1, 0.15) is 36.1 Å². The number of hydrogen-bond donors (Lipinski definition) is 1. The lowest BCUT2D eigenvalue weighted by molar-refractivity contribution is -0.120. The van der Waals surface area contributed by atoms with Crippen LogP contribution in [0.3, 0.4) is 0 Å². The molecule has 8 heteroatoms. The Balaban J connectivity index is 2.24. The predicted molar refractivity (Wildman–Crippen MR) is 111 cm³/mol. The molecule has 5 nitrogen and oxygen atoms in total. The molecular formula is C20H24ClFN2O3S. The molecule has 0 unspecified atom stereocenters. The smallest absolute Gasteiger partial charge is 0.241 e. The number of nitrogens with zero attached hydrogens (tertiary/aromatic N) is 1. The summed E-state index contributed by atoms with van der Waals surface area (Å²) in [6.07, 6.45) is 1.63. The summed E-state index contributed by atoms with van der Waals surface area (Å²) < 4.78 is 38.7. The van der Waals surface area contributed by atoms with Gasteiger partial charge in [-0.05, 0) is 49.6 Å². The first-order valence-corrected chi connectivity index (χ1v) is 11.0.